The van der Waals surface area contributed by atoms with Crippen molar-refractivity contribution in [1.29, 1.82) is 0 Å². The molecule has 13 nitrogen and oxygen atoms in total. The van der Waals surface area contributed by atoms with Crippen LogP contribution in [0.15, 0.2) is 63.0 Å². The zero-order chi connectivity index (χ0) is 34.6. The van der Waals surface area contributed by atoms with Crippen LogP contribution in [0.25, 0.3) is 22.2 Å². The number of carbonyl (C=O) groups excluding carboxylic acids is 3. The zero-order valence-electron chi connectivity index (χ0n) is 28.4. The maximum atomic E-state index is 13.6. The number of nitrogens with one attached hydrogen (secondary N) is 1. The number of ketones is 1. The second-order valence-corrected chi connectivity index (χ2v) is 13.8. The van der Waals surface area contributed by atoms with Crippen LogP contribution in [0.2, 0.25) is 0 Å². The number of aromatic nitrogens is 3. The highest BCUT2D eigenvalue weighted by Gasteiger charge is 2.45. The lowest BCUT2D eigenvalue weighted by Crippen LogP contribution is -2.48. The molecule has 258 valence electrons. The Labute approximate surface area is 284 Å². The van der Waals surface area contributed by atoms with E-state index in [0.717, 1.165) is 28.6 Å². The number of likely N-dealkylation sites (tertiary alicyclic amines) is 1. The van der Waals surface area contributed by atoms with Crippen molar-refractivity contribution in [2.24, 2.45) is 5.16 Å². The first-order valence-corrected chi connectivity index (χ1v) is 16.8. The lowest BCUT2D eigenvalue weighted by atomic mass is 9.87. The zero-order valence-corrected chi connectivity index (χ0v) is 28.4. The largest absolute Gasteiger partial charge is 0.444 e. The molecule has 6 rings (SSSR count). The summed E-state index contributed by atoms with van der Waals surface area (Å²) < 4.78 is 16.9. The molecule has 1 fully saturated rings. The number of pyridine rings is 1. The molecule has 0 saturated carbocycles. The van der Waals surface area contributed by atoms with Crippen molar-refractivity contribution in [3.8, 4) is 11.3 Å². The Kier molecular flexibility index (Phi) is 9.79. The van der Waals surface area contributed by atoms with Gasteiger partial charge in [0, 0.05) is 55.4 Å². The third-order valence-corrected chi connectivity index (χ3v) is 8.74. The molecule has 49 heavy (non-hydrogen) atoms. The van der Waals surface area contributed by atoms with E-state index in [-0.39, 0.29) is 29.4 Å². The van der Waals surface area contributed by atoms with Crippen molar-refractivity contribution >= 4 is 34.4 Å². The molecule has 1 N–H and O–H groups in total. The summed E-state index contributed by atoms with van der Waals surface area (Å²) >= 11 is 0. The van der Waals surface area contributed by atoms with Crippen LogP contribution in [0.1, 0.15) is 100 Å². The Balaban J connectivity index is 1.10. The van der Waals surface area contributed by atoms with Gasteiger partial charge in [-0.1, -0.05) is 24.1 Å². The number of benzene rings is 1. The van der Waals surface area contributed by atoms with Gasteiger partial charge in [-0.15, -0.1) is 0 Å². The number of carbonyl (C=O) groups is 3. The highest BCUT2D eigenvalue weighted by atomic mass is 16.7. The second kappa shape index (κ2) is 14.2. The number of unbranched alkanes of at least 4 members (excludes halogenated alkanes) is 2. The number of hydrogen-bond acceptors (Lipinski definition) is 11. The quantitative estimate of drug-likeness (QED) is 0.134. The average Bonchev–Trinajstić information content (AvgIpc) is 3.86. The molecular weight excluding hydrogens is 628 g/mol. The number of hydrogen-bond donors (Lipinski definition) is 1. The number of aryl methyl sites for hydroxylation is 1. The maximum absolute atomic E-state index is 13.6. The van der Waals surface area contributed by atoms with Gasteiger partial charge >= 0.3 is 6.09 Å². The van der Waals surface area contributed by atoms with E-state index >= 15 is 0 Å². The van der Waals surface area contributed by atoms with Gasteiger partial charge in [0.15, 0.2) is 5.76 Å². The average molecular weight is 671 g/mol. The molecule has 2 aliphatic rings. The summed E-state index contributed by atoms with van der Waals surface area (Å²) in [4.78, 5) is 59.0. The first kappa shape index (κ1) is 33.8. The van der Waals surface area contributed by atoms with Gasteiger partial charge in [-0.2, -0.15) is 0 Å². The van der Waals surface area contributed by atoms with E-state index in [2.05, 4.69) is 25.4 Å². The second-order valence-electron chi connectivity index (χ2n) is 13.8. The number of amides is 2. The molecule has 2 aliphatic heterocycles. The van der Waals surface area contributed by atoms with Crippen molar-refractivity contribution in [2.45, 2.75) is 96.3 Å². The number of Topliss-reactive ketones (excluding diaryl/α,β-unsaturated/α-hetero) is 1. The van der Waals surface area contributed by atoms with Crippen molar-refractivity contribution in [1.82, 2.24) is 25.2 Å². The fourth-order valence-corrected chi connectivity index (χ4v) is 6.08. The van der Waals surface area contributed by atoms with Gasteiger partial charge < -0.3 is 28.6 Å². The summed E-state index contributed by atoms with van der Waals surface area (Å²) in [6.07, 6.45) is 8.48. The predicted octanol–water partition coefficient (Wildman–Crippen LogP) is 6.72. The Morgan fingerprint density at radius 2 is 1.88 bits per heavy atom. The lowest BCUT2D eigenvalue weighted by Gasteiger charge is -2.37. The van der Waals surface area contributed by atoms with Crippen LogP contribution in [0.4, 0.5) is 4.79 Å². The third-order valence-electron chi connectivity index (χ3n) is 8.74. The summed E-state index contributed by atoms with van der Waals surface area (Å²) in [5.74, 6) is 0.567. The van der Waals surface area contributed by atoms with Crippen molar-refractivity contribution in [3.63, 3.8) is 0 Å². The number of fused-ring (bicyclic) bond motifs is 1. The predicted molar refractivity (Wildman–Crippen MR) is 180 cm³/mol. The lowest BCUT2D eigenvalue weighted by molar-refractivity contribution is -0.115. The first-order valence-electron chi connectivity index (χ1n) is 16.8. The topological polar surface area (TPSA) is 162 Å². The molecule has 1 spiro atoms. The van der Waals surface area contributed by atoms with Gasteiger partial charge in [0.05, 0.1) is 17.9 Å². The highest BCUT2D eigenvalue weighted by molar-refractivity contribution is 6.39. The van der Waals surface area contributed by atoms with Gasteiger partial charge in [-0.05, 0) is 64.8 Å². The molecule has 0 unspecified atom stereocenters. The van der Waals surface area contributed by atoms with Gasteiger partial charge in [0.1, 0.15) is 29.2 Å². The SMILES string of the molecule is Cc1ccc2cc(-c3cnc([C@H](CCCCCC(=O)c4ncco4)NC(=O)C4=NOC5(CCN(C(=O)OC(C)(C)C)CC5)C4)o3)ccc2n1. The number of rotatable bonds is 11. The minimum Gasteiger partial charge on any atom is -0.444 e. The molecule has 13 heteroatoms. The van der Waals surface area contributed by atoms with E-state index in [1.807, 2.05) is 58.0 Å². The summed E-state index contributed by atoms with van der Waals surface area (Å²) in [6, 6.07) is 9.34. The van der Waals surface area contributed by atoms with Crippen LogP contribution in [0.3, 0.4) is 0 Å². The van der Waals surface area contributed by atoms with Crippen molar-refractivity contribution in [2.75, 3.05) is 13.1 Å². The van der Waals surface area contributed by atoms with E-state index in [1.165, 1.54) is 12.5 Å². The number of nitrogens with zero attached hydrogens (tertiary/aromatic N) is 5. The van der Waals surface area contributed by atoms with Crippen molar-refractivity contribution < 1.29 is 32.8 Å². The fourth-order valence-electron chi connectivity index (χ4n) is 6.08. The van der Waals surface area contributed by atoms with Gasteiger partial charge in [-0.3, -0.25) is 14.6 Å². The molecule has 4 aromatic rings. The summed E-state index contributed by atoms with van der Waals surface area (Å²) in [5.41, 5.74) is 1.75. The van der Waals surface area contributed by atoms with E-state index in [4.69, 9.17) is 18.4 Å². The smallest absolute Gasteiger partial charge is 0.410 e. The van der Waals surface area contributed by atoms with Crippen LogP contribution in [0.5, 0.6) is 0 Å². The number of ether oxygens (including phenoxy) is 1. The van der Waals surface area contributed by atoms with Crippen LogP contribution in [-0.4, -0.2) is 67.6 Å². The van der Waals surface area contributed by atoms with Crippen LogP contribution < -0.4 is 5.32 Å². The molecule has 2 amide bonds. The summed E-state index contributed by atoms with van der Waals surface area (Å²) in [7, 11) is 0. The molecule has 0 bridgehead atoms. The van der Waals surface area contributed by atoms with Crippen LogP contribution in [0, 0.1) is 6.92 Å². The number of oxime groups is 1. The molecular formula is C36H42N6O7. The molecule has 0 radical (unpaired) electrons. The highest BCUT2D eigenvalue weighted by Crippen LogP contribution is 2.36. The molecule has 3 aromatic heterocycles. The first-order chi connectivity index (χ1) is 23.5. The Hall–Kier alpha value is -5.07. The minimum atomic E-state index is -0.643. The Morgan fingerprint density at radius 1 is 1.06 bits per heavy atom. The minimum absolute atomic E-state index is 0.116. The maximum Gasteiger partial charge on any atom is 0.410 e. The van der Waals surface area contributed by atoms with Gasteiger partial charge in [0.2, 0.25) is 11.7 Å². The Bertz CT molecular complexity index is 1830. The summed E-state index contributed by atoms with van der Waals surface area (Å²) in [5, 5.41) is 8.25. The fraction of sp³-hybridized carbons (Fsp3) is 0.472. The molecule has 1 saturated heterocycles. The molecule has 5 heterocycles. The van der Waals surface area contributed by atoms with E-state index < -0.39 is 17.2 Å². The van der Waals surface area contributed by atoms with Gasteiger partial charge in [0.25, 0.3) is 11.8 Å². The van der Waals surface area contributed by atoms with Gasteiger partial charge in [-0.25, -0.2) is 14.8 Å². The van der Waals surface area contributed by atoms with E-state index in [9.17, 15) is 14.4 Å². The number of piperidine rings is 1. The third kappa shape index (κ3) is 8.33. The monoisotopic (exact) mass is 670 g/mol. The summed E-state index contributed by atoms with van der Waals surface area (Å²) in [6.45, 7) is 8.37. The van der Waals surface area contributed by atoms with E-state index in [0.29, 0.717) is 69.7 Å². The molecule has 1 atom stereocenters. The molecule has 0 aliphatic carbocycles. The normalized spacial score (nSPS) is 16.3. The number of oxazole rings is 2. The Morgan fingerprint density at radius 3 is 2.63 bits per heavy atom. The van der Waals surface area contributed by atoms with Crippen molar-refractivity contribution in [3.05, 3.63) is 66.5 Å². The standard InChI is InChI=1S/C36H42N6O7/c1-23-10-11-24-20-25(12-13-26(24)39-23)30-22-38-32(47-30)27(8-6-5-7-9-29(43)33-37-16-19-46-33)40-31(44)28-21-36(49-41-28)14-17-42(18-15-36)34(45)48-35(2,3)4/h10-13,16,19-20,22,27H,5-9,14-15,17-18,21H2,1-4H3,(H,40,44)/t27-/m0/s1. The van der Waals surface area contributed by atoms with Crippen LogP contribution >= 0.6 is 0 Å². The molecule has 1 aromatic carbocycles. The van der Waals surface area contributed by atoms with Crippen LogP contribution in [-0.2, 0) is 14.4 Å². The van der Waals surface area contributed by atoms with E-state index in [1.54, 1.807) is 11.1 Å².